The third-order valence-electron chi connectivity index (χ3n) is 3.70. The molecule has 3 nitrogen and oxygen atoms in total. The molecule has 1 heterocycles. The lowest BCUT2D eigenvalue weighted by molar-refractivity contribution is 0.618. The van der Waals surface area contributed by atoms with Crippen molar-refractivity contribution in [3.05, 3.63) is 47.0 Å². The Hall–Kier alpha value is -1.36. The van der Waals surface area contributed by atoms with Crippen LogP contribution >= 0.6 is 35.8 Å². The molecular weight excluding hydrogens is 361 g/mol. The highest BCUT2D eigenvalue weighted by Gasteiger charge is 2.21. The second kappa shape index (κ2) is 8.15. The largest absolute Gasteiger partial charge is 0.369 e. The minimum atomic E-state index is 0. The summed E-state index contributed by atoms with van der Waals surface area (Å²) in [5.41, 5.74) is 3.44. The van der Waals surface area contributed by atoms with Crippen molar-refractivity contribution in [2.45, 2.75) is 29.2 Å². The zero-order valence-electron chi connectivity index (χ0n) is 13.9. The summed E-state index contributed by atoms with van der Waals surface area (Å²) >= 11 is 7.91. The number of aliphatic imine (C=N–C) groups is 1. The van der Waals surface area contributed by atoms with E-state index in [1.807, 2.05) is 37.5 Å². The van der Waals surface area contributed by atoms with Crippen molar-refractivity contribution < 1.29 is 0 Å². The standard InChI is InChI=1S/C18H20ClN3S.ClH/c1-4-14(20-11-22(2)3)13-6-5-7-17-18(13)21-15-10-12(19)8-9-16(15)23-17;/h5-11,14,21H,4H2,1-3H3;1H. The van der Waals surface area contributed by atoms with Crippen molar-refractivity contribution >= 4 is 53.5 Å². The predicted molar refractivity (Wildman–Crippen MR) is 108 cm³/mol. The van der Waals surface area contributed by atoms with Gasteiger partial charge in [-0.2, -0.15) is 0 Å². The van der Waals surface area contributed by atoms with Gasteiger partial charge in [-0.05, 0) is 30.7 Å². The van der Waals surface area contributed by atoms with Crippen molar-refractivity contribution in [2.24, 2.45) is 4.99 Å². The van der Waals surface area contributed by atoms with Gasteiger partial charge < -0.3 is 10.2 Å². The first-order chi connectivity index (χ1) is 11.1. The van der Waals surface area contributed by atoms with Crippen LogP contribution in [0.15, 0.2) is 51.2 Å². The number of hydrogen-bond donors (Lipinski definition) is 1. The molecule has 0 saturated heterocycles. The van der Waals surface area contributed by atoms with Crippen LogP contribution in [0.3, 0.4) is 0 Å². The van der Waals surface area contributed by atoms with Crippen LogP contribution in [0.2, 0.25) is 5.02 Å². The summed E-state index contributed by atoms with van der Waals surface area (Å²) in [6.07, 6.45) is 2.84. The SMILES string of the molecule is CCC(N=CN(C)C)c1cccc2c1Nc1cc(Cl)ccc1S2.Cl. The summed E-state index contributed by atoms with van der Waals surface area (Å²) in [4.78, 5) is 9.12. The van der Waals surface area contributed by atoms with E-state index in [0.29, 0.717) is 0 Å². The Morgan fingerprint density at radius 1 is 1.25 bits per heavy atom. The van der Waals surface area contributed by atoms with Crippen molar-refractivity contribution in [3.63, 3.8) is 0 Å². The molecule has 128 valence electrons. The fourth-order valence-corrected chi connectivity index (χ4v) is 3.79. The lowest BCUT2D eigenvalue weighted by Gasteiger charge is -2.25. The molecule has 1 unspecified atom stereocenters. The summed E-state index contributed by atoms with van der Waals surface area (Å²) in [6, 6.07) is 12.5. The zero-order valence-corrected chi connectivity index (χ0v) is 16.3. The van der Waals surface area contributed by atoms with Crippen LogP contribution < -0.4 is 5.32 Å². The van der Waals surface area contributed by atoms with Gasteiger partial charge in [0.1, 0.15) is 0 Å². The molecule has 1 N–H and O–H groups in total. The van der Waals surface area contributed by atoms with Gasteiger partial charge in [-0.15, -0.1) is 12.4 Å². The van der Waals surface area contributed by atoms with E-state index in [4.69, 9.17) is 16.6 Å². The molecule has 1 aliphatic heterocycles. The molecule has 1 atom stereocenters. The smallest absolute Gasteiger partial charge is 0.0852 e. The number of nitrogens with zero attached hydrogens (tertiary/aromatic N) is 2. The molecule has 2 aromatic carbocycles. The van der Waals surface area contributed by atoms with Gasteiger partial charge in [0.2, 0.25) is 0 Å². The maximum Gasteiger partial charge on any atom is 0.0852 e. The van der Waals surface area contributed by atoms with Crippen LogP contribution in [0.4, 0.5) is 11.4 Å². The van der Waals surface area contributed by atoms with Gasteiger partial charge in [0.15, 0.2) is 0 Å². The average Bonchev–Trinajstić information content (AvgIpc) is 2.53. The van der Waals surface area contributed by atoms with Gasteiger partial charge in [-0.3, -0.25) is 4.99 Å². The fourth-order valence-electron chi connectivity index (χ4n) is 2.61. The van der Waals surface area contributed by atoms with Crippen molar-refractivity contribution in [3.8, 4) is 0 Å². The highest BCUT2D eigenvalue weighted by atomic mass is 35.5. The molecule has 0 amide bonds. The minimum absolute atomic E-state index is 0. The summed E-state index contributed by atoms with van der Waals surface area (Å²) in [5.74, 6) is 0. The number of fused-ring (bicyclic) bond motifs is 2. The third kappa shape index (κ3) is 4.00. The molecule has 1 aliphatic rings. The number of halogens is 2. The fraction of sp³-hybridized carbons (Fsp3) is 0.278. The molecule has 3 rings (SSSR count). The van der Waals surface area contributed by atoms with E-state index in [2.05, 4.69) is 36.5 Å². The van der Waals surface area contributed by atoms with Gasteiger partial charge in [-0.1, -0.05) is 42.4 Å². The van der Waals surface area contributed by atoms with E-state index in [1.165, 1.54) is 15.4 Å². The third-order valence-corrected chi connectivity index (χ3v) is 5.07. The molecule has 0 saturated carbocycles. The van der Waals surface area contributed by atoms with E-state index < -0.39 is 0 Å². The molecule has 0 fully saturated rings. The first-order valence-corrected chi connectivity index (χ1v) is 8.85. The molecule has 0 radical (unpaired) electrons. The van der Waals surface area contributed by atoms with E-state index in [0.717, 1.165) is 22.8 Å². The van der Waals surface area contributed by atoms with Crippen LogP contribution in [-0.2, 0) is 0 Å². The topological polar surface area (TPSA) is 27.6 Å². The molecule has 0 spiro atoms. The van der Waals surface area contributed by atoms with Gasteiger partial charge in [0.05, 0.1) is 23.8 Å². The molecular formula is C18H21Cl2N3S. The molecule has 0 aliphatic carbocycles. The Kier molecular flexibility index (Phi) is 6.44. The zero-order chi connectivity index (χ0) is 16.4. The van der Waals surface area contributed by atoms with Crippen molar-refractivity contribution in [1.82, 2.24) is 4.90 Å². The minimum Gasteiger partial charge on any atom is -0.369 e. The van der Waals surface area contributed by atoms with Gasteiger partial charge in [-0.25, -0.2) is 0 Å². The van der Waals surface area contributed by atoms with Crippen LogP contribution in [0.5, 0.6) is 0 Å². The highest BCUT2D eigenvalue weighted by molar-refractivity contribution is 7.99. The van der Waals surface area contributed by atoms with Crippen molar-refractivity contribution in [2.75, 3.05) is 19.4 Å². The summed E-state index contributed by atoms with van der Waals surface area (Å²) in [7, 11) is 3.98. The van der Waals surface area contributed by atoms with Crippen LogP contribution in [0.1, 0.15) is 24.9 Å². The lowest BCUT2D eigenvalue weighted by atomic mass is 10.0. The van der Waals surface area contributed by atoms with E-state index in [1.54, 1.807) is 11.8 Å². The van der Waals surface area contributed by atoms with E-state index in [9.17, 15) is 0 Å². The maximum absolute atomic E-state index is 6.14. The number of para-hydroxylation sites is 1. The normalized spacial score (nSPS) is 13.5. The average molecular weight is 382 g/mol. The second-order valence-corrected chi connectivity index (χ2v) is 7.26. The molecule has 6 heteroatoms. The molecule has 0 bridgehead atoms. The maximum atomic E-state index is 6.14. The van der Waals surface area contributed by atoms with Crippen molar-refractivity contribution in [1.29, 1.82) is 0 Å². The number of anilines is 2. The first-order valence-electron chi connectivity index (χ1n) is 7.65. The first kappa shape index (κ1) is 19.0. The monoisotopic (exact) mass is 381 g/mol. The second-order valence-electron chi connectivity index (χ2n) is 5.74. The van der Waals surface area contributed by atoms with E-state index >= 15 is 0 Å². The van der Waals surface area contributed by atoms with Gasteiger partial charge in [0, 0.05) is 34.5 Å². The summed E-state index contributed by atoms with van der Waals surface area (Å²) < 4.78 is 0. The molecule has 24 heavy (non-hydrogen) atoms. The Morgan fingerprint density at radius 3 is 2.75 bits per heavy atom. The molecule has 0 aromatic heterocycles. The van der Waals surface area contributed by atoms with E-state index in [-0.39, 0.29) is 18.4 Å². The number of nitrogens with one attached hydrogen (secondary N) is 1. The quantitative estimate of drug-likeness (QED) is 0.442. The van der Waals surface area contributed by atoms with Crippen LogP contribution in [0, 0.1) is 0 Å². The molecule has 2 aromatic rings. The van der Waals surface area contributed by atoms with Crippen LogP contribution in [-0.4, -0.2) is 25.3 Å². The van der Waals surface area contributed by atoms with Crippen LogP contribution in [0.25, 0.3) is 0 Å². The number of hydrogen-bond acceptors (Lipinski definition) is 3. The van der Waals surface area contributed by atoms with Gasteiger partial charge >= 0.3 is 0 Å². The summed E-state index contributed by atoms with van der Waals surface area (Å²) in [5, 5.41) is 4.31. The van der Waals surface area contributed by atoms with Gasteiger partial charge in [0.25, 0.3) is 0 Å². The number of rotatable bonds is 4. The number of benzene rings is 2. The Morgan fingerprint density at radius 2 is 2.04 bits per heavy atom. The lowest BCUT2D eigenvalue weighted by Crippen LogP contribution is -2.10. The predicted octanol–water partition coefficient (Wildman–Crippen LogP) is 6.01. The summed E-state index contributed by atoms with van der Waals surface area (Å²) in [6.45, 7) is 2.16. The Balaban J connectivity index is 0.00000208. The highest BCUT2D eigenvalue weighted by Crippen LogP contribution is 2.47. The Labute approximate surface area is 158 Å². The Bertz CT molecular complexity index is 747.